The molecule has 8 heteroatoms. The predicted molar refractivity (Wildman–Crippen MR) is 106 cm³/mol. The van der Waals surface area contributed by atoms with E-state index in [2.05, 4.69) is 25.9 Å². The summed E-state index contributed by atoms with van der Waals surface area (Å²) in [6.45, 7) is 3.93. The van der Waals surface area contributed by atoms with E-state index >= 15 is 0 Å². The van der Waals surface area contributed by atoms with Crippen LogP contribution in [-0.4, -0.2) is 26.0 Å². The van der Waals surface area contributed by atoms with Gasteiger partial charge in [0.25, 0.3) is 0 Å². The zero-order valence-electron chi connectivity index (χ0n) is 14.9. The first kappa shape index (κ1) is 16.6. The van der Waals surface area contributed by atoms with Crippen LogP contribution in [0.2, 0.25) is 0 Å². The number of anilines is 3. The topological polar surface area (TPSA) is 114 Å². The van der Waals surface area contributed by atoms with Gasteiger partial charge in [-0.15, -0.1) is 0 Å². The molecule has 2 aromatic carbocycles. The van der Waals surface area contributed by atoms with Gasteiger partial charge in [0.15, 0.2) is 5.82 Å². The average molecular weight is 361 g/mol. The third-order valence-corrected chi connectivity index (χ3v) is 4.32. The summed E-state index contributed by atoms with van der Waals surface area (Å²) >= 11 is 0. The lowest BCUT2D eigenvalue weighted by Crippen LogP contribution is -2.19. The summed E-state index contributed by atoms with van der Waals surface area (Å²) in [6.07, 6.45) is 3.31. The van der Waals surface area contributed by atoms with E-state index in [9.17, 15) is 4.79 Å². The van der Waals surface area contributed by atoms with E-state index in [-0.39, 0.29) is 6.03 Å². The molecule has 27 heavy (non-hydrogen) atoms. The second-order valence-corrected chi connectivity index (χ2v) is 6.38. The minimum absolute atomic E-state index is 0.329. The highest BCUT2D eigenvalue weighted by atomic mass is 16.2. The lowest BCUT2D eigenvalue weighted by atomic mass is 10.1. The molecule has 5 N–H and O–H groups in total. The first-order chi connectivity index (χ1) is 13.0. The van der Waals surface area contributed by atoms with E-state index in [0.29, 0.717) is 11.5 Å². The maximum atomic E-state index is 12.3. The maximum Gasteiger partial charge on any atom is 0.323 e. The molecule has 0 spiro atoms. The number of amides is 2. The van der Waals surface area contributed by atoms with Crippen molar-refractivity contribution in [2.24, 2.45) is 0 Å². The number of nitrogen functional groups attached to an aromatic ring is 1. The molecule has 4 aromatic rings. The van der Waals surface area contributed by atoms with Crippen molar-refractivity contribution in [1.82, 2.24) is 20.0 Å². The fraction of sp³-hybridized carbons (Fsp3) is 0.105. The molecule has 0 unspecified atom stereocenters. The van der Waals surface area contributed by atoms with Gasteiger partial charge in [-0.1, -0.05) is 18.2 Å². The van der Waals surface area contributed by atoms with Crippen LogP contribution in [0.4, 0.5) is 22.0 Å². The quantitative estimate of drug-likeness (QED) is 0.446. The van der Waals surface area contributed by atoms with Gasteiger partial charge >= 0.3 is 6.03 Å². The molecular weight excluding hydrogens is 342 g/mol. The minimum Gasteiger partial charge on any atom is -0.382 e. The van der Waals surface area contributed by atoms with Crippen molar-refractivity contribution in [3.63, 3.8) is 0 Å². The van der Waals surface area contributed by atoms with Crippen LogP contribution in [0.3, 0.4) is 0 Å². The number of hydrogen-bond donors (Lipinski definition) is 4. The van der Waals surface area contributed by atoms with Gasteiger partial charge < -0.3 is 16.4 Å². The smallest absolute Gasteiger partial charge is 0.323 e. The first-order valence-corrected chi connectivity index (χ1v) is 8.44. The number of benzene rings is 2. The van der Waals surface area contributed by atoms with E-state index in [4.69, 9.17) is 5.73 Å². The highest BCUT2D eigenvalue weighted by molar-refractivity contribution is 6.00. The second kappa shape index (κ2) is 6.49. The van der Waals surface area contributed by atoms with Crippen LogP contribution in [0.1, 0.15) is 11.1 Å². The van der Waals surface area contributed by atoms with Crippen LogP contribution in [0.5, 0.6) is 0 Å². The van der Waals surface area contributed by atoms with Gasteiger partial charge in [0.1, 0.15) is 0 Å². The number of hydrogen-bond acceptors (Lipinski definition) is 4. The molecule has 0 saturated heterocycles. The van der Waals surface area contributed by atoms with Crippen LogP contribution in [0.25, 0.3) is 16.6 Å². The average Bonchev–Trinajstić information content (AvgIpc) is 3.25. The SMILES string of the molecule is Cc1ccc(C)c(NC(=O)Nc2cnn(-c3cccc4[nH]nc(N)c34)c2)c1. The number of nitrogens with zero attached hydrogens (tertiary/aromatic N) is 3. The summed E-state index contributed by atoms with van der Waals surface area (Å²) in [7, 11) is 0. The lowest BCUT2D eigenvalue weighted by molar-refractivity contribution is 0.262. The summed E-state index contributed by atoms with van der Waals surface area (Å²) in [5, 5.41) is 17.7. The van der Waals surface area contributed by atoms with E-state index in [1.807, 2.05) is 50.2 Å². The Kier molecular flexibility index (Phi) is 4.00. The zero-order chi connectivity index (χ0) is 19.0. The molecule has 0 atom stereocenters. The van der Waals surface area contributed by atoms with Crippen molar-refractivity contribution in [3.8, 4) is 5.69 Å². The van der Waals surface area contributed by atoms with Gasteiger partial charge in [-0.2, -0.15) is 10.2 Å². The van der Waals surface area contributed by atoms with Crippen molar-refractivity contribution in [3.05, 3.63) is 59.9 Å². The molecule has 2 aromatic heterocycles. The largest absolute Gasteiger partial charge is 0.382 e. The molecule has 2 amide bonds. The summed E-state index contributed by atoms with van der Waals surface area (Å²) in [6, 6.07) is 11.2. The van der Waals surface area contributed by atoms with E-state index in [1.54, 1.807) is 17.1 Å². The molecule has 0 saturated carbocycles. The van der Waals surface area contributed by atoms with Crippen LogP contribution >= 0.6 is 0 Å². The first-order valence-electron chi connectivity index (χ1n) is 8.44. The number of fused-ring (bicyclic) bond motifs is 1. The number of carbonyl (C=O) groups is 1. The highest BCUT2D eigenvalue weighted by Gasteiger charge is 2.12. The Morgan fingerprint density at radius 3 is 2.89 bits per heavy atom. The van der Waals surface area contributed by atoms with E-state index in [0.717, 1.165) is 33.4 Å². The van der Waals surface area contributed by atoms with Gasteiger partial charge in [0, 0.05) is 5.69 Å². The number of carbonyl (C=O) groups excluding carboxylic acids is 1. The third kappa shape index (κ3) is 3.20. The lowest BCUT2D eigenvalue weighted by Gasteiger charge is -2.09. The molecule has 0 bridgehead atoms. The number of aromatic nitrogens is 4. The molecule has 0 aliphatic rings. The van der Waals surface area contributed by atoms with Gasteiger partial charge in [0.05, 0.1) is 34.7 Å². The number of nitrogens with one attached hydrogen (secondary N) is 3. The second-order valence-electron chi connectivity index (χ2n) is 6.38. The maximum absolute atomic E-state index is 12.3. The fourth-order valence-electron chi connectivity index (χ4n) is 2.94. The van der Waals surface area contributed by atoms with Crippen molar-refractivity contribution in [2.75, 3.05) is 16.4 Å². The van der Waals surface area contributed by atoms with Crippen molar-refractivity contribution in [1.29, 1.82) is 0 Å². The Morgan fingerprint density at radius 2 is 2.04 bits per heavy atom. The standard InChI is InChI=1S/C19H19N7O/c1-11-6-7-12(2)15(8-11)23-19(27)22-13-9-21-26(10-13)16-5-3-4-14-17(16)18(20)25-24-14/h3-10H,1-2H3,(H3,20,24,25)(H2,22,23,27). The predicted octanol–water partition coefficient (Wildman–Crippen LogP) is 3.59. The number of aromatic amines is 1. The molecule has 0 radical (unpaired) electrons. The van der Waals surface area contributed by atoms with Crippen LogP contribution in [-0.2, 0) is 0 Å². The fourth-order valence-corrected chi connectivity index (χ4v) is 2.94. The summed E-state index contributed by atoms with van der Waals surface area (Å²) in [5.41, 5.74) is 11.0. The molecular formula is C19H19N7O. The zero-order valence-corrected chi connectivity index (χ0v) is 14.9. The summed E-state index contributed by atoms with van der Waals surface area (Å²) in [4.78, 5) is 12.3. The van der Waals surface area contributed by atoms with Gasteiger partial charge in [0.2, 0.25) is 0 Å². The number of nitrogens with two attached hydrogens (primary N) is 1. The van der Waals surface area contributed by atoms with E-state index < -0.39 is 0 Å². The summed E-state index contributed by atoms with van der Waals surface area (Å²) < 4.78 is 1.65. The molecule has 0 aliphatic carbocycles. The monoisotopic (exact) mass is 361 g/mol. The Bertz CT molecular complexity index is 1140. The van der Waals surface area contributed by atoms with Crippen LogP contribution in [0.15, 0.2) is 48.8 Å². The van der Waals surface area contributed by atoms with E-state index in [1.165, 1.54) is 0 Å². The van der Waals surface area contributed by atoms with Crippen molar-refractivity contribution < 1.29 is 4.79 Å². The van der Waals surface area contributed by atoms with Crippen LogP contribution < -0.4 is 16.4 Å². The van der Waals surface area contributed by atoms with Crippen LogP contribution in [0, 0.1) is 13.8 Å². The molecule has 136 valence electrons. The number of H-pyrrole nitrogens is 1. The molecule has 0 fully saturated rings. The van der Waals surface area contributed by atoms with Gasteiger partial charge in [-0.05, 0) is 43.2 Å². The Balaban J connectivity index is 1.55. The molecule has 2 heterocycles. The normalized spacial score (nSPS) is 10.9. The molecule has 4 rings (SSSR count). The van der Waals surface area contributed by atoms with Gasteiger partial charge in [-0.3, -0.25) is 5.10 Å². The summed E-state index contributed by atoms with van der Waals surface area (Å²) in [5.74, 6) is 0.401. The Labute approximate surface area is 155 Å². The van der Waals surface area contributed by atoms with Crippen molar-refractivity contribution >= 4 is 34.1 Å². The minimum atomic E-state index is -0.329. The highest BCUT2D eigenvalue weighted by Crippen LogP contribution is 2.26. The number of aryl methyl sites for hydroxylation is 2. The van der Waals surface area contributed by atoms with Crippen molar-refractivity contribution in [2.45, 2.75) is 13.8 Å². The Morgan fingerprint density at radius 1 is 1.19 bits per heavy atom. The number of urea groups is 1. The third-order valence-electron chi connectivity index (χ3n) is 4.32. The molecule has 0 aliphatic heterocycles. The number of rotatable bonds is 3. The molecule has 8 nitrogen and oxygen atoms in total. The van der Waals surface area contributed by atoms with Gasteiger partial charge in [-0.25, -0.2) is 9.48 Å². The Hall–Kier alpha value is -3.81.